The third-order valence-electron chi connectivity index (χ3n) is 4.88. The van der Waals surface area contributed by atoms with Crippen LogP contribution in [0.3, 0.4) is 0 Å². The molecule has 1 aliphatic rings. The molecule has 1 amide bonds. The first-order chi connectivity index (χ1) is 14.3. The molecule has 9 heteroatoms. The molecule has 0 unspecified atom stereocenters. The predicted molar refractivity (Wildman–Crippen MR) is 128 cm³/mol. The van der Waals surface area contributed by atoms with E-state index in [4.69, 9.17) is 17.0 Å². The lowest BCUT2D eigenvalue weighted by Gasteiger charge is -2.43. The van der Waals surface area contributed by atoms with E-state index in [1.807, 2.05) is 43.0 Å². The minimum Gasteiger partial charge on any atom is -0.494 e. The second-order valence-electron chi connectivity index (χ2n) is 7.33. The summed E-state index contributed by atoms with van der Waals surface area (Å²) in [5.41, 5.74) is 3.26. The molecule has 0 atom stereocenters. The Labute approximate surface area is 192 Å². The quantitative estimate of drug-likeness (QED) is 0.193. The third-order valence-corrected chi connectivity index (χ3v) is 9.06. The van der Waals surface area contributed by atoms with Crippen LogP contribution in [0.2, 0.25) is 0 Å². The van der Waals surface area contributed by atoms with Gasteiger partial charge in [0.1, 0.15) is 9.57 Å². The minimum absolute atomic E-state index is 0.00971. The molecule has 3 aromatic rings. The minimum atomic E-state index is -0.501. The lowest BCUT2D eigenvalue weighted by Crippen LogP contribution is -2.48. The molecule has 0 aliphatic carbocycles. The van der Waals surface area contributed by atoms with Crippen molar-refractivity contribution in [2.24, 2.45) is 0 Å². The molecule has 30 heavy (non-hydrogen) atoms. The Morgan fingerprint density at radius 2 is 2.10 bits per heavy atom. The van der Waals surface area contributed by atoms with E-state index in [0.29, 0.717) is 11.8 Å². The summed E-state index contributed by atoms with van der Waals surface area (Å²) in [4.78, 5) is 25.1. The van der Waals surface area contributed by atoms with E-state index >= 15 is 0 Å². The number of aromatic nitrogens is 2. The van der Waals surface area contributed by atoms with Gasteiger partial charge < -0.3 is 9.64 Å². The Morgan fingerprint density at radius 3 is 2.83 bits per heavy atom. The first-order valence-corrected chi connectivity index (χ1v) is 13.0. The van der Waals surface area contributed by atoms with E-state index in [2.05, 4.69) is 23.8 Å². The van der Waals surface area contributed by atoms with Crippen LogP contribution < -0.4 is 9.64 Å². The number of amides is 1. The zero-order valence-electron chi connectivity index (χ0n) is 17.1. The van der Waals surface area contributed by atoms with Crippen molar-refractivity contribution >= 4 is 56.3 Å². The molecule has 1 aromatic carbocycles. The van der Waals surface area contributed by atoms with Crippen LogP contribution in [0.5, 0.6) is 5.75 Å². The lowest BCUT2D eigenvalue weighted by atomic mass is 9.87. The van der Waals surface area contributed by atoms with E-state index < -0.39 is 5.54 Å². The van der Waals surface area contributed by atoms with E-state index in [9.17, 15) is 4.79 Å². The van der Waals surface area contributed by atoms with E-state index in [0.717, 1.165) is 37.0 Å². The maximum absolute atomic E-state index is 13.5. The van der Waals surface area contributed by atoms with Gasteiger partial charge in [-0.15, -0.1) is 0 Å². The number of aryl methyl sites for hydroxylation is 1. The predicted octanol–water partition coefficient (Wildman–Crippen LogP) is 6.08. The van der Waals surface area contributed by atoms with Crippen LogP contribution in [-0.4, -0.2) is 28.2 Å². The number of thioether (sulfide) groups is 1. The summed E-state index contributed by atoms with van der Waals surface area (Å²) >= 11 is 7.01. The first kappa shape index (κ1) is 21.4. The van der Waals surface area contributed by atoms with Crippen molar-refractivity contribution in [2.75, 3.05) is 17.3 Å². The summed E-state index contributed by atoms with van der Waals surface area (Å²) in [7, 11) is 3.23. The number of hydrogen-bond donors (Lipinski definition) is 0. The van der Waals surface area contributed by atoms with Gasteiger partial charge in [-0.25, -0.2) is 9.97 Å². The number of hydrogen-bond acceptors (Lipinski definition) is 8. The lowest BCUT2D eigenvalue weighted by molar-refractivity contribution is -0.117. The van der Waals surface area contributed by atoms with Gasteiger partial charge in [0.15, 0.2) is 5.16 Å². The maximum atomic E-state index is 13.5. The second-order valence-corrected chi connectivity index (χ2v) is 11.1. The van der Waals surface area contributed by atoms with Gasteiger partial charge in [-0.05, 0) is 52.0 Å². The van der Waals surface area contributed by atoms with Crippen molar-refractivity contribution in [3.63, 3.8) is 0 Å². The zero-order chi connectivity index (χ0) is 21.5. The fraction of sp³-hybridized carbons (Fsp3) is 0.333. The third kappa shape index (κ3) is 3.79. The topological polar surface area (TPSA) is 55.3 Å². The molecule has 3 heterocycles. The summed E-state index contributed by atoms with van der Waals surface area (Å²) in [6.45, 7) is 8.61. The molecule has 0 radical (unpaired) electrons. The average Bonchev–Trinajstić information content (AvgIpc) is 3.10. The second kappa shape index (κ2) is 8.37. The fourth-order valence-electron chi connectivity index (χ4n) is 3.60. The molecule has 0 saturated carbocycles. The van der Waals surface area contributed by atoms with Crippen molar-refractivity contribution < 1.29 is 9.53 Å². The molecular weight excluding hydrogens is 455 g/mol. The van der Waals surface area contributed by atoms with Crippen LogP contribution in [0.1, 0.15) is 31.3 Å². The molecule has 156 valence electrons. The van der Waals surface area contributed by atoms with Crippen LogP contribution >= 0.6 is 44.7 Å². The van der Waals surface area contributed by atoms with E-state index in [1.165, 1.54) is 11.8 Å². The Balaban J connectivity index is 1.74. The van der Waals surface area contributed by atoms with Gasteiger partial charge in [-0.2, -0.15) is 0 Å². The summed E-state index contributed by atoms with van der Waals surface area (Å²) in [6.07, 6.45) is 1.72. The van der Waals surface area contributed by atoms with Crippen molar-refractivity contribution in [1.29, 1.82) is 0 Å². The molecule has 0 bridgehead atoms. The van der Waals surface area contributed by atoms with Gasteiger partial charge >= 0.3 is 0 Å². The number of anilines is 1. The maximum Gasteiger partial charge on any atom is 0.238 e. The van der Waals surface area contributed by atoms with Gasteiger partial charge in [-0.1, -0.05) is 44.7 Å². The van der Waals surface area contributed by atoms with Crippen molar-refractivity contribution in [3.8, 4) is 16.9 Å². The Hall–Kier alpha value is -1.81. The molecule has 2 aromatic heterocycles. The molecule has 4 rings (SSSR count). The number of benzene rings is 1. The van der Waals surface area contributed by atoms with Gasteiger partial charge in [0.05, 0.1) is 28.5 Å². The monoisotopic (exact) mass is 475 g/mol. The van der Waals surface area contributed by atoms with Crippen molar-refractivity contribution in [1.82, 2.24) is 9.97 Å². The molecule has 1 aliphatic heterocycles. The number of rotatable bonds is 5. The molecule has 0 fully saturated rings. The number of nitrogens with zero attached hydrogens (tertiary/aromatic N) is 3. The fourth-order valence-corrected chi connectivity index (χ4v) is 7.60. The number of carbonyl (C=O) groups excluding carboxylic acids is 1. The molecule has 0 spiro atoms. The molecule has 0 N–H and O–H groups in total. The van der Waals surface area contributed by atoms with Crippen LogP contribution in [0.4, 0.5) is 5.69 Å². The Morgan fingerprint density at radius 1 is 1.30 bits per heavy atom. The van der Waals surface area contributed by atoms with Crippen LogP contribution in [0.25, 0.3) is 11.1 Å². The summed E-state index contributed by atoms with van der Waals surface area (Å²) in [5.74, 6) is 1.04. The average molecular weight is 476 g/mol. The zero-order valence-corrected chi connectivity index (χ0v) is 20.4. The van der Waals surface area contributed by atoms with E-state index in [-0.39, 0.29) is 11.7 Å². The highest BCUT2D eigenvalue weighted by molar-refractivity contribution is 7.99. The van der Waals surface area contributed by atoms with Crippen LogP contribution in [0.15, 0.2) is 35.6 Å². The Bertz CT molecular complexity index is 1170. The number of fused-ring (bicyclic) bond motifs is 3. The standard InChI is InChI=1S/C21H21N3O2S4/c1-5-26-13-6-7-15-14(10-13)17-18(29-30-19(17)27)21(3,4)24(15)16(25)11-28-20-22-9-8-12(2)23-20/h6-10H,5,11H2,1-4H3. The molecular formula is C21H21N3O2S4. The van der Waals surface area contributed by atoms with Gasteiger partial charge in [0.2, 0.25) is 5.91 Å². The highest BCUT2D eigenvalue weighted by atomic mass is 32.9. The first-order valence-electron chi connectivity index (χ1n) is 9.49. The summed E-state index contributed by atoms with van der Waals surface area (Å²) < 4.78 is 6.57. The van der Waals surface area contributed by atoms with Crippen molar-refractivity contribution in [3.05, 3.63) is 44.9 Å². The highest BCUT2D eigenvalue weighted by Gasteiger charge is 2.43. The Kier molecular flexibility index (Phi) is 5.98. The normalized spacial score (nSPS) is 14.2. The van der Waals surface area contributed by atoms with Crippen LogP contribution in [0, 0.1) is 10.7 Å². The molecule has 5 nitrogen and oxygen atoms in total. The SMILES string of the molecule is CCOc1ccc2c(c1)-c1c(ssc1=S)C(C)(C)N2C(=O)CSc1nccc(C)n1. The number of ether oxygens (including phenoxy) is 1. The highest BCUT2D eigenvalue weighted by Crippen LogP contribution is 2.53. The van der Waals surface area contributed by atoms with Crippen LogP contribution in [-0.2, 0) is 10.3 Å². The smallest absolute Gasteiger partial charge is 0.238 e. The van der Waals surface area contributed by atoms with E-state index in [1.54, 1.807) is 26.9 Å². The van der Waals surface area contributed by atoms with Gasteiger partial charge in [0.25, 0.3) is 0 Å². The van der Waals surface area contributed by atoms with Gasteiger partial charge in [-0.3, -0.25) is 4.79 Å². The van der Waals surface area contributed by atoms with Gasteiger partial charge in [0, 0.05) is 23.0 Å². The van der Waals surface area contributed by atoms with Crippen molar-refractivity contribution in [2.45, 2.75) is 38.4 Å². The summed E-state index contributed by atoms with van der Waals surface area (Å²) in [5, 5.41) is 0.608. The largest absolute Gasteiger partial charge is 0.494 e. The summed E-state index contributed by atoms with van der Waals surface area (Å²) in [6, 6.07) is 7.73. The number of carbonyl (C=O) groups is 1. The molecule has 0 saturated heterocycles.